The maximum Gasteiger partial charge on any atom is 0.192 e. The van der Waals surface area contributed by atoms with Crippen LogP contribution in [0.2, 0.25) is 18.1 Å². The number of hydrogen-bond donors (Lipinski definition) is 0. The van der Waals surface area contributed by atoms with Gasteiger partial charge >= 0.3 is 0 Å². The largest absolute Gasteiger partial charge is 0.413 e. The summed E-state index contributed by atoms with van der Waals surface area (Å²) in [5.41, 5.74) is 2.41. The van der Waals surface area contributed by atoms with Crippen LogP contribution in [0.25, 0.3) is 6.08 Å². The molecule has 1 aromatic rings. The van der Waals surface area contributed by atoms with Crippen molar-refractivity contribution < 1.29 is 4.43 Å². The Morgan fingerprint density at radius 1 is 1.10 bits per heavy atom. The average Bonchev–Trinajstić information content (AvgIpc) is 2.50. The zero-order chi connectivity index (χ0) is 14.8. The second-order valence-electron chi connectivity index (χ2n) is 5.30. The minimum absolute atomic E-state index is 0.723. The lowest BCUT2D eigenvalue weighted by molar-refractivity contribution is 0.331. The van der Waals surface area contributed by atoms with E-state index in [1.807, 2.05) is 6.07 Å². The van der Waals surface area contributed by atoms with Gasteiger partial charge in [0.2, 0.25) is 0 Å². The highest BCUT2D eigenvalue weighted by molar-refractivity contribution is 6.73. The first-order chi connectivity index (χ1) is 9.65. The fourth-order valence-corrected chi connectivity index (χ4v) is 4.92. The molecule has 0 radical (unpaired) electrons. The summed E-state index contributed by atoms with van der Waals surface area (Å²) in [5, 5.41) is 0. The maximum absolute atomic E-state index is 6.25. The van der Waals surface area contributed by atoms with Crippen LogP contribution in [-0.4, -0.2) is 14.9 Å². The average molecular weight is 289 g/mol. The molecule has 0 fully saturated rings. The summed E-state index contributed by atoms with van der Waals surface area (Å²) in [6.07, 6.45) is 5.22. The predicted octanol–water partition coefficient (Wildman–Crippen LogP) is 5.67. The zero-order valence-corrected chi connectivity index (χ0v) is 14.2. The van der Waals surface area contributed by atoms with Crippen LogP contribution in [0.15, 0.2) is 48.6 Å². The van der Waals surface area contributed by atoms with E-state index < -0.39 is 8.32 Å². The fourth-order valence-electron chi connectivity index (χ4n) is 2.30. The molecule has 0 bridgehead atoms. The fraction of sp³-hybridized carbons (Fsp3) is 0.444. The van der Waals surface area contributed by atoms with E-state index in [9.17, 15) is 0 Å². The molecule has 0 amide bonds. The summed E-state index contributed by atoms with van der Waals surface area (Å²) >= 11 is 0. The van der Waals surface area contributed by atoms with E-state index >= 15 is 0 Å². The SMILES string of the molecule is C=C(C/C=C/c1ccccc1)CO[Si](CC)(CC)CC. The second kappa shape index (κ2) is 8.93. The third-order valence-electron chi connectivity index (χ3n) is 4.03. The molecule has 20 heavy (non-hydrogen) atoms. The van der Waals surface area contributed by atoms with Crippen molar-refractivity contribution in [1.29, 1.82) is 0 Å². The standard InChI is InChI=1S/C18H28OSi/c1-5-20(6-2,7-3)19-16-17(4)12-11-15-18-13-9-8-10-14-18/h8-11,13-15H,4-7,12,16H2,1-3H3/b15-11+. The summed E-state index contributed by atoms with van der Waals surface area (Å²) in [6.45, 7) is 11.6. The minimum atomic E-state index is -1.47. The van der Waals surface area contributed by atoms with Crippen LogP contribution in [0.3, 0.4) is 0 Å². The van der Waals surface area contributed by atoms with Gasteiger partial charge in [-0.3, -0.25) is 0 Å². The van der Waals surface area contributed by atoms with Crippen molar-refractivity contribution in [1.82, 2.24) is 0 Å². The Hall–Kier alpha value is -1.12. The van der Waals surface area contributed by atoms with Crippen molar-refractivity contribution in [2.75, 3.05) is 6.61 Å². The number of hydrogen-bond acceptors (Lipinski definition) is 1. The summed E-state index contributed by atoms with van der Waals surface area (Å²) in [4.78, 5) is 0. The van der Waals surface area contributed by atoms with E-state index in [-0.39, 0.29) is 0 Å². The van der Waals surface area contributed by atoms with E-state index in [1.165, 1.54) is 29.3 Å². The lowest BCUT2D eigenvalue weighted by Gasteiger charge is -2.28. The Labute approximate surface area is 125 Å². The van der Waals surface area contributed by atoms with Gasteiger partial charge in [-0.15, -0.1) is 0 Å². The van der Waals surface area contributed by atoms with Crippen LogP contribution < -0.4 is 0 Å². The Morgan fingerprint density at radius 2 is 1.70 bits per heavy atom. The molecule has 0 saturated carbocycles. The van der Waals surface area contributed by atoms with Gasteiger partial charge < -0.3 is 4.43 Å². The Bertz CT molecular complexity index is 410. The molecule has 0 atom stereocenters. The molecule has 0 spiro atoms. The van der Waals surface area contributed by atoms with Crippen molar-refractivity contribution in [3.05, 3.63) is 54.1 Å². The summed E-state index contributed by atoms with van der Waals surface area (Å²) in [7, 11) is -1.47. The lowest BCUT2D eigenvalue weighted by Crippen LogP contribution is -2.36. The molecule has 0 aliphatic carbocycles. The predicted molar refractivity (Wildman–Crippen MR) is 92.4 cm³/mol. The lowest BCUT2D eigenvalue weighted by atomic mass is 10.1. The molecule has 0 saturated heterocycles. The van der Waals surface area contributed by atoms with Gasteiger partial charge in [0.1, 0.15) is 0 Å². The van der Waals surface area contributed by atoms with Crippen LogP contribution in [0.1, 0.15) is 32.8 Å². The van der Waals surface area contributed by atoms with Gasteiger partial charge in [-0.1, -0.05) is 69.8 Å². The van der Waals surface area contributed by atoms with Crippen molar-refractivity contribution in [3.63, 3.8) is 0 Å². The van der Waals surface area contributed by atoms with Crippen LogP contribution in [-0.2, 0) is 4.43 Å². The normalized spacial score (nSPS) is 11.9. The molecular formula is C18H28OSi. The van der Waals surface area contributed by atoms with Crippen LogP contribution >= 0.6 is 0 Å². The van der Waals surface area contributed by atoms with E-state index in [0.29, 0.717) is 0 Å². The van der Waals surface area contributed by atoms with Crippen molar-refractivity contribution in [2.24, 2.45) is 0 Å². The Kier molecular flexibility index (Phi) is 7.56. The summed E-state index contributed by atoms with van der Waals surface area (Å²) in [5.74, 6) is 0. The quantitative estimate of drug-likeness (QED) is 0.420. The highest BCUT2D eigenvalue weighted by atomic mass is 28.4. The number of allylic oxidation sites excluding steroid dienone is 1. The Balaban J connectivity index is 2.39. The first kappa shape index (κ1) is 16.9. The Morgan fingerprint density at radius 3 is 2.25 bits per heavy atom. The maximum atomic E-state index is 6.25. The van der Waals surface area contributed by atoms with Gasteiger partial charge in [-0.2, -0.15) is 0 Å². The van der Waals surface area contributed by atoms with Crippen molar-refractivity contribution >= 4 is 14.4 Å². The zero-order valence-electron chi connectivity index (χ0n) is 13.2. The van der Waals surface area contributed by atoms with E-state index in [4.69, 9.17) is 4.43 Å². The third-order valence-corrected chi connectivity index (χ3v) is 8.65. The molecule has 0 aromatic heterocycles. The third kappa shape index (κ3) is 5.47. The molecule has 1 rings (SSSR count). The second-order valence-corrected chi connectivity index (χ2v) is 10.1. The smallest absolute Gasteiger partial charge is 0.192 e. The molecule has 0 unspecified atom stereocenters. The highest BCUT2D eigenvalue weighted by Gasteiger charge is 2.28. The van der Waals surface area contributed by atoms with Gasteiger partial charge in [0.05, 0.1) is 6.61 Å². The summed E-state index contributed by atoms with van der Waals surface area (Å²) in [6, 6.07) is 14.0. The topological polar surface area (TPSA) is 9.23 Å². The molecule has 2 heteroatoms. The van der Waals surface area contributed by atoms with Gasteiger partial charge in [0, 0.05) is 0 Å². The molecule has 0 aliphatic heterocycles. The van der Waals surface area contributed by atoms with Crippen molar-refractivity contribution in [2.45, 2.75) is 45.3 Å². The van der Waals surface area contributed by atoms with Crippen LogP contribution in [0.5, 0.6) is 0 Å². The van der Waals surface area contributed by atoms with E-state index in [0.717, 1.165) is 13.0 Å². The molecule has 0 heterocycles. The van der Waals surface area contributed by atoms with Gasteiger partial charge in [-0.25, -0.2) is 0 Å². The summed E-state index contributed by atoms with van der Waals surface area (Å²) < 4.78 is 6.25. The monoisotopic (exact) mass is 288 g/mol. The van der Waals surface area contributed by atoms with Crippen LogP contribution in [0, 0.1) is 0 Å². The number of benzene rings is 1. The molecule has 1 nitrogen and oxygen atoms in total. The number of rotatable bonds is 9. The van der Waals surface area contributed by atoms with E-state index in [1.54, 1.807) is 0 Å². The molecule has 1 aromatic carbocycles. The van der Waals surface area contributed by atoms with Gasteiger partial charge in [0.15, 0.2) is 8.32 Å². The highest BCUT2D eigenvalue weighted by Crippen LogP contribution is 2.22. The molecule has 0 N–H and O–H groups in total. The molecular weight excluding hydrogens is 260 g/mol. The first-order valence-corrected chi connectivity index (χ1v) is 10.2. The first-order valence-electron chi connectivity index (χ1n) is 7.68. The van der Waals surface area contributed by atoms with Crippen LogP contribution in [0.4, 0.5) is 0 Å². The minimum Gasteiger partial charge on any atom is -0.413 e. The van der Waals surface area contributed by atoms with Gasteiger partial charge in [-0.05, 0) is 35.7 Å². The molecule has 110 valence electrons. The van der Waals surface area contributed by atoms with Gasteiger partial charge in [0.25, 0.3) is 0 Å². The molecule has 0 aliphatic rings. The van der Waals surface area contributed by atoms with E-state index in [2.05, 4.69) is 63.8 Å². The van der Waals surface area contributed by atoms with Crippen molar-refractivity contribution in [3.8, 4) is 0 Å².